The standard InChI is InChI=1S/C20H41N4O/c1-6-13-24(20(21)22)19(25)14-18(5)11-10-17(4)9-7-8-12-23-15-16(2)3/h16,18,23H,6-15H2,1-5H3,(H3,21,22). The molecular formula is C20H41N4O. The summed E-state index contributed by atoms with van der Waals surface area (Å²) in [6, 6.07) is 0. The molecule has 0 aromatic rings. The number of rotatable bonds is 14. The van der Waals surface area contributed by atoms with Crippen molar-refractivity contribution in [2.45, 2.75) is 79.6 Å². The van der Waals surface area contributed by atoms with Crippen LogP contribution in [0.15, 0.2) is 0 Å². The number of carbonyl (C=O) groups is 1. The molecule has 1 unspecified atom stereocenters. The van der Waals surface area contributed by atoms with Crippen molar-refractivity contribution in [2.75, 3.05) is 19.6 Å². The highest BCUT2D eigenvalue weighted by Gasteiger charge is 2.18. The smallest absolute Gasteiger partial charge is 0.229 e. The number of nitrogens with one attached hydrogen (secondary N) is 2. The molecule has 0 bridgehead atoms. The van der Waals surface area contributed by atoms with E-state index in [1.165, 1.54) is 30.1 Å². The van der Waals surface area contributed by atoms with Gasteiger partial charge in [0.2, 0.25) is 5.91 Å². The molecule has 5 nitrogen and oxygen atoms in total. The van der Waals surface area contributed by atoms with Crippen molar-refractivity contribution in [3.8, 4) is 0 Å². The second kappa shape index (κ2) is 14.1. The number of nitrogens with two attached hydrogens (primary N) is 1. The fraction of sp³-hybridized carbons (Fsp3) is 0.850. The molecule has 0 heterocycles. The number of nitrogens with zero attached hydrogens (tertiary/aromatic N) is 1. The van der Waals surface area contributed by atoms with Crippen LogP contribution >= 0.6 is 0 Å². The molecule has 0 fully saturated rings. The van der Waals surface area contributed by atoms with Crippen LogP contribution in [0.1, 0.15) is 79.6 Å². The van der Waals surface area contributed by atoms with Crippen molar-refractivity contribution < 1.29 is 4.79 Å². The SMILES string of the molecule is CCCN(C(=N)N)C(=O)CC(C)CC[C](C)CCCCNCC(C)C. The van der Waals surface area contributed by atoms with Gasteiger partial charge in [-0.3, -0.25) is 15.1 Å². The minimum absolute atomic E-state index is 0.0178. The summed E-state index contributed by atoms with van der Waals surface area (Å²) < 4.78 is 0. The summed E-state index contributed by atoms with van der Waals surface area (Å²) in [6.07, 6.45) is 7.05. The molecule has 0 saturated heterocycles. The van der Waals surface area contributed by atoms with Gasteiger partial charge in [0.25, 0.3) is 0 Å². The average molecular weight is 354 g/mol. The van der Waals surface area contributed by atoms with E-state index in [1.54, 1.807) is 0 Å². The molecule has 1 amide bonds. The Kier molecular flexibility index (Phi) is 13.5. The van der Waals surface area contributed by atoms with Crippen LogP contribution in [0, 0.1) is 23.2 Å². The Morgan fingerprint density at radius 1 is 1.20 bits per heavy atom. The molecule has 147 valence electrons. The van der Waals surface area contributed by atoms with E-state index in [9.17, 15) is 4.79 Å². The third-order valence-corrected chi connectivity index (χ3v) is 4.39. The summed E-state index contributed by atoms with van der Waals surface area (Å²) in [5, 5.41) is 11.0. The van der Waals surface area contributed by atoms with Crippen LogP contribution < -0.4 is 11.1 Å². The number of guanidine groups is 1. The van der Waals surface area contributed by atoms with Gasteiger partial charge >= 0.3 is 0 Å². The van der Waals surface area contributed by atoms with Gasteiger partial charge in [-0.2, -0.15) is 0 Å². The van der Waals surface area contributed by atoms with Gasteiger partial charge in [0.1, 0.15) is 0 Å². The van der Waals surface area contributed by atoms with Gasteiger partial charge in [0.15, 0.2) is 5.96 Å². The number of unbranched alkanes of at least 4 members (excludes halogenated alkanes) is 1. The van der Waals surface area contributed by atoms with Crippen LogP contribution in [0.5, 0.6) is 0 Å². The first kappa shape index (κ1) is 23.9. The Labute approximate surface area is 155 Å². The third-order valence-electron chi connectivity index (χ3n) is 4.39. The van der Waals surface area contributed by atoms with Crippen molar-refractivity contribution in [3.05, 3.63) is 5.92 Å². The van der Waals surface area contributed by atoms with Crippen LogP contribution in [0.4, 0.5) is 0 Å². The highest BCUT2D eigenvalue weighted by molar-refractivity contribution is 5.94. The Morgan fingerprint density at radius 2 is 1.88 bits per heavy atom. The number of hydrogen-bond acceptors (Lipinski definition) is 3. The zero-order chi connectivity index (χ0) is 19.2. The van der Waals surface area contributed by atoms with Gasteiger partial charge < -0.3 is 11.1 Å². The van der Waals surface area contributed by atoms with E-state index in [4.69, 9.17) is 11.1 Å². The number of amides is 1. The fourth-order valence-electron chi connectivity index (χ4n) is 2.80. The maximum Gasteiger partial charge on any atom is 0.229 e. The summed E-state index contributed by atoms with van der Waals surface area (Å²) in [7, 11) is 0. The maximum absolute atomic E-state index is 12.2. The lowest BCUT2D eigenvalue weighted by atomic mass is 9.92. The molecule has 0 aliphatic rings. The molecule has 0 aromatic heterocycles. The first-order valence-corrected chi connectivity index (χ1v) is 9.94. The molecule has 25 heavy (non-hydrogen) atoms. The van der Waals surface area contributed by atoms with Crippen LogP contribution in [-0.2, 0) is 4.79 Å². The molecule has 0 aliphatic carbocycles. The van der Waals surface area contributed by atoms with Gasteiger partial charge in [0, 0.05) is 13.0 Å². The maximum atomic E-state index is 12.2. The topological polar surface area (TPSA) is 82.2 Å². The highest BCUT2D eigenvalue weighted by atomic mass is 16.2. The second-order valence-corrected chi connectivity index (χ2v) is 7.79. The van der Waals surface area contributed by atoms with Gasteiger partial charge in [0.05, 0.1) is 0 Å². The van der Waals surface area contributed by atoms with E-state index in [1.807, 2.05) is 6.92 Å². The molecule has 5 heteroatoms. The first-order chi connectivity index (χ1) is 11.8. The molecular weight excluding hydrogens is 312 g/mol. The van der Waals surface area contributed by atoms with E-state index in [-0.39, 0.29) is 11.9 Å². The molecule has 0 spiro atoms. The molecule has 1 radical (unpaired) electrons. The molecule has 0 rings (SSSR count). The average Bonchev–Trinajstić information content (AvgIpc) is 2.53. The number of carbonyl (C=O) groups excluding carboxylic acids is 1. The molecule has 0 aromatic carbocycles. The summed E-state index contributed by atoms with van der Waals surface area (Å²) in [6.45, 7) is 13.5. The van der Waals surface area contributed by atoms with Crippen LogP contribution in [0.25, 0.3) is 0 Å². The van der Waals surface area contributed by atoms with Crippen molar-refractivity contribution >= 4 is 11.9 Å². The van der Waals surface area contributed by atoms with Crippen molar-refractivity contribution in [3.63, 3.8) is 0 Å². The van der Waals surface area contributed by atoms with Crippen molar-refractivity contribution in [1.82, 2.24) is 10.2 Å². The normalized spacial score (nSPS) is 12.6. The molecule has 1 atom stereocenters. The molecule has 0 saturated carbocycles. The Hall–Kier alpha value is -1.10. The zero-order valence-corrected chi connectivity index (χ0v) is 17.2. The zero-order valence-electron chi connectivity index (χ0n) is 17.2. The van der Waals surface area contributed by atoms with Crippen molar-refractivity contribution in [1.29, 1.82) is 5.41 Å². The largest absolute Gasteiger partial charge is 0.370 e. The Morgan fingerprint density at radius 3 is 2.44 bits per heavy atom. The van der Waals surface area contributed by atoms with Gasteiger partial charge in [-0.15, -0.1) is 0 Å². The second-order valence-electron chi connectivity index (χ2n) is 7.79. The van der Waals surface area contributed by atoms with E-state index in [2.05, 4.69) is 33.0 Å². The van der Waals surface area contributed by atoms with Gasteiger partial charge in [-0.1, -0.05) is 41.0 Å². The van der Waals surface area contributed by atoms with Gasteiger partial charge in [-0.05, 0) is 62.9 Å². The van der Waals surface area contributed by atoms with Crippen LogP contribution in [0.3, 0.4) is 0 Å². The first-order valence-electron chi connectivity index (χ1n) is 9.94. The monoisotopic (exact) mass is 353 g/mol. The lowest BCUT2D eigenvalue weighted by Crippen LogP contribution is -2.42. The van der Waals surface area contributed by atoms with E-state index < -0.39 is 0 Å². The van der Waals surface area contributed by atoms with E-state index in [0.717, 1.165) is 32.4 Å². The molecule has 0 aliphatic heterocycles. The molecule has 4 N–H and O–H groups in total. The van der Waals surface area contributed by atoms with Gasteiger partial charge in [-0.25, -0.2) is 0 Å². The lowest BCUT2D eigenvalue weighted by molar-refractivity contribution is -0.128. The highest BCUT2D eigenvalue weighted by Crippen LogP contribution is 2.21. The summed E-state index contributed by atoms with van der Waals surface area (Å²) >= 11 is 0. The van der Waals surface area contributed by atoms with E-state index in [0.29, 0.717) is 24.8 Å². The number of hydrogen-bond donors (Lipinski definition) is 3. The van der Waals surface area contributed by atoms with Crippen LogP contribution in [-0.4, -0.2) is 36.4 Å². The summed E-state index contributed by atoms with van der Waals surface area (Å²) in [5.41, 5.74) is 5.51. The summed E-state index contributed by atoms with van der Waals surface area (Å²) in [4.78, 5) is 13.6. The Bertz CT molecular complexity index is 371. The van der Waals surface area contributed by atoms with Crippen molar-refractivity contribution in [2.24, 2.45) is 17.6 Å². The van der Waals surface area contributed by atoms with Crippen LogP contribution in [0.2, 0.25) is 0 Å². The summed E-state index contributed by atoms with van der Waals surface area (Å²) in [5.74, 6) is 2.42. The minimum atomic E-state index is -0.132. The quantitative estimate of drug-likeness (QED) is 0.251. The fourth-order valence-corrected chi connectivity index (χ4v) is 2.80. The van der Waals surface area contributed by atoms with E-state index >= 15 is 0 Å². The lowest BCUT2D eigenvalue weighted by Gasteiger charge is -2.22. The third kappa shape index (κ3) is 12.9. The Balaban J connectivity index is 3.87. The minimum Gasteiger partial charge on any atom is -0.370 e. The predicted molar refractivity (Wildman–Crippen MR) is 107 cm³/mol. The predicted octanol–water partition coefficient (Wildman–Crippen LogP) is 3.94.